The standard InChI is InChI=1S/C22H22N2O5/c1-2-14-8-9-17-16(11-21(26)29-19(17)10-14)13-28-20(25)12-18(24-22(23)27)15-6-4-3-5-7-15/h3-11,18H,2,12-13H2,1H3,(H3,23,24,27)/t18-/m0/s1. The lowest BCUT2D eigenvalue weighted by Crippen LogP contribution is -2.34. The van der Waals surface area contributed by atoms with E-state index >= 15 is 0 Å². The lowest BCUT2D eigenvalue weighted by molar-refractivity contribution is -0.145. The Morgan fingerprint density at radius 1 is 1.14 bits per heavy atom. The fourth-order valence-electron chi connectivity index (χ4n) is 3.11. The number of hydrogen-bond donors (Lipinski definition) is 2. The molecule has 1 heterocycles. The van der Waals surface area contributed by atoms with Crippen molar-refractivity contribution in [2.24, 2.45) is 5.73 Å². The number of hydrogen-bond acceptors (Lipinski definition) is 5. The van der Waals surface area contributed by atoms with Crippen molar-refractivity contribution < 1.29 is 18.7 Å². The molecule has 0 aliphatic heterocycles. The van der Waals surface area contributed by atoms with Gasteiger partial charge in [-0.2, -0.15) is 0 Å². The summed E-state index contributed by atoms with van der Waals surface area (Å²) in [6.07, 6.45) is 0.721. The molecule has 0 spiro atoms. The fourth-order valence-corrected chi connectivity index (χ4v) is 3.11. The summed E-state index contributed by atoms with van der Waals surface area (Å²) in [6, 6.07) is 14.6. The fraction of sp³-hybridized carbons (Fsp3) is 0.227. The van der Waals surface area contributed by atoms with Crippen molar-refractivity contribution in [1.82, 2.24) is 5.32 Å². The summed E-state index contributed by atoms with van der Waals surface area (Å²) in [7, 11) is 0. The molecule has 0 aliphatic carbocycles. The second kappa shape index (κ2) is 9.05. The van der Waals surface area contributed by atoms with Crippen molar-refractivity contribution in [3.05, 3.63) is 81.7 Å². The SMILES string of the molecule is CCc1ccc2c(COC(=O)C[C@H](NC(N)=O)c3ccccc3)cc(=O)oc2c1. The van der Waals surface area contributed by atoms with E-state index in [2.05, 4.69) is 5.32 Å². The van der Waals surface area contributed by atoms with Gasteiger partial charge in [0, 0.05) is 17.0 Å². The third-order valence-electron chi connectivity index (χ3n) is 4.58. The van der Waals surface area contributed by atoms with Gasteiger partial charge in [0.25, 0.3) is 0 Å². The Hall–Kier alpha value is -3.61. The number of amides is 2. The minimum Gasteiger partial charge on any atom is -0.461 e. The summed E-state index contributed by atoms with van der Waals surface area (Å²) < 4.78 is 10.6. The van der Waals surface area contributed by atoms with Crippen molar-refractivity contribution in [1.29, 1.82) is 0 Å². The molecule has 150 valence electrons. The summed E-state index contributed by atoms with van der Waals surface area (Å²) >= 11 is 0. The highest BCUT2D eigenvalue weighted by atomic mass is 16.5. The molecule has 29 heavy (non-hydrogen) atoms. The monoisotopic (exact) mass is 394 g/mol. The van der Waals surface area contributed by atoms with Gasteiger partial charge in [0.15, 0.2) is 0 Å². The highest BCUT2D eigenvalue weighted by Crippen LogP contribution is 2.21. The van der Waals surface area contributed by atoms with Crippen LogP contribution >= 0.6 is 0 Å². The first-order valence-electron chi connectivity index (χ1n) is 9.28. The number of nitrogens with two attached hydrogens (primary N) is 1. The summed E-state index contributed by atoms with van der Waals surface area (Å²) in [5.74, 6) is -0.529. The molecule has 0 saturated heterocycles. The molecule has 0 saturated carbocycles. The molecular formula is C22H22N2O5. The van der Waals surface area contributed by atoms with Crippen molar-refractivity contribution in [3.8, 4) is 0 Å². The summed E-state index contributed by atoms with van der Waals surface area (Å²) in [5, 5.41) is 3.26. The molecule has 3 rings (SSSR count). The van der Waals surface area contributed by atoms with Crippen LogP contribution in [0.2, 0.25) is 0 Å². The summed E-state index contributed by atoms with van der Waals surface area (Å²) in [4.78, 5) is 35.5. The number of carbonyl (C=O) groups is 2. The molecule has 0 unspecified atom stereocenters. The highest BCUT2D eigenvalue weighted by molar-refractivity contribution is 5.81. The first-order chi connectivity index (χ1) is 14.0. The van der Waals surface area contributed by atoms with E-state index in [0.717, 1.165) is 17.5 Å². The quantitative estimate of drug-likeness (QED) is 0.472. The lowest BCUT2D eigenvalue weighted by Gasteiger charge is -2.17. The minimum atomic E-state index is -0.731. The second-order valence-electron chi connectivity index (χ2n) is 6.61. The van der Waals surface area contributed by atoms with Gasteiger partial charge in [-0.05, 0) is 23.6 Å². The van der Waals surface area contributed by atoms with Gasteiger partial charge in [0.05, 0.1) is 12.5 Å². The Balaban J connectivity index is 1.74. The number of benzene rings is 2. The van der Waals surface area contributed by atoms with Gasteiger partial charge in [0.2, 0.25) is 0 Å². The van der Waals surface area contributed by atoms with Crippen molar-refractivity contribution in [2.45, 2.75) is 32.4 Å². The van der Waals surface area contributed by atoms with Gasteiger partial charge in [-0.25, -0.2) is 9.59 Å². The molecule has 2 aromatic carbocycles. The van der Waals surface area contributed by atoms with Crippen LogP contribution in [0.1, 0.15) is 36.1 Å². The number of primary amides is 1. The van der Waals surface area contributed by atoms with Crippen LogP contribution in [0.15, 0.2) is 63.8 Å². The maximum absolute atomic E-state index is 12.4. The smallest absolute Gasteiger partial charge is 0.336 e. The van der Waals surface area contributed by atoms with Crippen molar-refractivity contribution >= 4 is 23.0 Å². The highest BCUT2D eigenvalue weighted by Gasteiger charge is 2.19. The molecule has 0 bridgehead atoms. The predicted molar refractivity (Wildman–Crippen MR) is 108 cm³/mol. The Labute approximate surface area is 167 Å². The van der Waals surface area contributed by atoms with Crippen LogP contribution in [0.3, 0.4) is 0 Å². The number of fused-ring (bicyclic) bond motifs is 1. The molecule has 7 nitrogen and oxygen atoms in total. The molecule has 1 aromatic heterocycles. The van der Waals surface area contributed by atoms with E-state index in [-0.39, 0.29) is 13.0 Å². The molecular weight excluding hydrogens is 372 g/mol. The minimum absolute atomic E-state index is 0.0789. The molecule has 0 radical (unpaired) electrons. The van der Waals surface area contributed by atoms with Gasteiger partial charge in [-0.1, -0.05) is 49.4 Å². The summed E-state index contributed by atoms with van der Waals surface area (Å²) in [5.41, 5.74) is 7.52. The van der Waals surface area contributed by atoms with E-state index in [1.54, 1.807) is 24.3 Å². The number of urea groups is 1. The van der Waals surface area contributed by atoms with E-state index in [1.807, 2.05) is 31.2 Å². The van der Waals surface area contributed by atoms with Gasteiger partial charge < -0.3 is 20.2 Å². The first kappa shape index (κ1) is 20.1. The van der Waals surface area contributed by atoms with E-state index in [1.165, 1.54) is 6.07 Å². The first-order valence-corrected chi connectivity index (χ1v) is 9.28. The number of carbonyl (C=O) groups excluding carboxylic acids is 2. The van der Waals surface area contributed by atoms with Crippen molar-refractivity contribution in [3.63, 3.8) is 0 Å². The molecule has 0 fully saturated rings. The van der Waals surface area contributed by atoms with Crippen LogP contribution in [0, 0.1) is 0 Å². The van der Waals surface area contributed by atoms with Crippen LogP contribution in [0.5, 0.6) is 0 Å². The Bertz CT molecular complexity index is 1080. The number of ether oxygens (including phenoxy) is 1. The average molecular weight is 394 g/mol. The normalized spacial score (nSPS) is 11.8. The second-order valence-corrected chi connectivity index (χ2v) is 6.61. The van der Waals surface area contributed by atoms with Gasteiger partial charge in [-0.15, -0.1) is 0 Å². The molecule has 7 heteroatoms. The van der Waals surface area contributed by atoms with Crippen LogP contribution in [0.25, 0.3) is 11.0 Å². The maximum Gasteiger partial charge on any atom is 0.336 e. The number of nitrogens with one attached hydrogen (secondary N) is 1. The molecule has 3 N–H and O–H groups in total. The van der Waals surface area contributed by atoms with Gasteiger partial charge in [-0.3, -0.25) is 4.79 Å². The van der Waals surface area contributed by atoms with E-state index in [4.69, 9.17) is 14.9 Å². The molecule has 1 atom stereocenters. The van der Waals surface area contributed by atoms with Crippen LogP contribution in [0.4, 0.5) is 4.79 Å². The summed E-state index contributed by atoms with van der Waals surface area (Å²) in [6.45, 7) is 1.93. The molecule has 3 aromatic rings. The van der Waals surface area contributed by atoms with Gasteiger partial charge >= 0.3 is 17.6 Å². The van der Waals surface area contributed by atoms with Gasteiger partial charge in [0.1, 0.15) is 12.2 Å². The zero-order chi connectivity index (χ0) is 20.8. The Kier molecular flexibility index (Phi) is 6.29. The topological polar surface area (TPSA) is 112 Å². The maximum atomic E-state index is 12.4. The van der Waals surface area contributed by atoms with E-state index in [0.29, 0.717) is 16.5 Å². The zero-order valence-corrected chi connectivity index (χ0v) is 16.0. The van der Waals surface area contributed by atoms with E-state index < -0.39 is 23.7 Å². The average Bonchev–Trinajstić information content (AvgIpc) is 2.71. The third-order valence-corrected chi connectivity index (χ3v) is 4.58. The number of aryl methyl sites for hydroxylation is 1. The van der Waals surface area contributed by atoms with Crippen LogP contribution < -0.4 is 16.7 Å². The Morgan fingerprint density at radius 2 is 1.90 bits per heavy atom. The van der Waals surface area contributed by atoms with Crippen molar-refractivity contribution in [2.75, 3.05) is 0 Å². The number of esters is 1. The molecule has 0 aliphatic rings. The predicted octanol–water partition coefficient (Wildman–Crippen LogP) is 3.20. The van der Waals surface area contributed by atoms with Crippen LogP contribution in [-0.2, 0) is 22.6 Å². The lowest BCUT2D eigenvalue weighted by atomic mass is 10.0. The number of rotatable bonds is 7. The molecule has 2 amide bonds. The Morgan fingerprint density at radius 3 is 2.59 bits per heavy atom. The largest absolute Gasteiger partial charge is 0.461 e. The van der Waals surface area contributed by atoms with Crippen LogP contribution in [-0.4, -0.2) is 12.0 Å². The zero-order valence-electron chi connectivity index (χ0n) is 16.0. The van der Waals surface area contributed by atoms with E-state index in [9.17, 15) is 14.4 Å². The third kappa shape index (κ3) is 5.22.